The largest absolute Gasteiger partial charge is 0.323 e. The Bertz CT molecular complexity index is 574. The first kappa shape index (κ1) is 14.6. The van der Waals surface area contributed by atoms with E-state index in [0.29, 0.717) is 11.3 Å². The van der Waals surface area contributed by atoms with Crippen molar-refractivity contribution in [3.05, 3.63) is 63.9 Å². The van der Waals surface area contributed by atoms with E-state index in [-0.39, 0.29) is 11.9 Å². The summed E-state index contributed by atoms with van der Waals surface area (Å²) in [5, 5.41) is 0. The van der Waals surface area contributed by atoms with E-state index >= 15 is 0 Å². The third-order valence-electron chi connectivity index (χ3n) is 2.81. The summed E-state index contributed by atoms with van der Waals surface area (Å²) < 4.78 is 14.8. The molecule has 1 atom stereocenters. The van der Waals surface area contributed by atoms with Crippen molar-refractivity contribution >= 4 is 27.7 Å². The highest BCUT2D eigenvalue weighted by atomic mass is 79.9. The Morgan fingerprint density at radius 1 is 1.26 bits per heavy atom. The fraction of sp³-hybridized carbons (Fsp3) is 0.200. The first-order chi connectivity index (χ1) is 9.08. The number of aryl methyl sites for hydroxylation is 1. The Kier molecular flexibility index (Phi) is 5.02. The second-order valence-electron chi connectivity index (χ2n) is 4.37. The van der Waals surface area contributed by atoms with Gasteiger partial charge in [0.1, 0.15) is 5.82 Å². The van der Waals surface area contributed by atoms with Crippen LogP contribution in [0.25, 0.3) is 0 Å². The smallest absolute Gasteiger partial charge is 0.128 e. The zero-order chi connectivity index (χ0) is 13.8. The van der Waals surface area contributed by atoms with Gasteiger partial charge in [-0.3, -0.25) is 0 Å². The maximum absolute atomic E-state index is 13.7. The fourth-order valence-corrected chi connectivity index (χ4v) is 3.33. The zero-order valence-electron chi connectivity index (χ0n) is 10.6. The Labute approximate surface area is 125 Å². The van der Waals surface area contributed by atoms with E-state index in [2.05, 4.69) is 15.9 Å². The maximum Gasteiger partial charge on any atom is 0.128 e. The summed E-state index contributed by atoms with van der Waals surface area (Å²) in [5.41, 5.74) is 7.70. The van der Waals surface area contributed by atoms with Gasteiger partial charge in [0.25, 0.3) is 0 Å². The van der Waals surface area contributed by atoms with Crippen LogP contribution in [0.2, 0.25) is 0 Å². The van der Waals surface area contributed by atoms with E-state index in [9.17, 15) is 4.39 Å². The number of rotatable bonds is 4. The Hall–Kier alpha value is -0.840. The molecule has 0 aliphatic carbocycles. The van der Waals surface area contributed by atoms with Gasteiger partial charge in [0.15, 0.2) is 0 Å². The summed E-state index contributed by atoms with van der Waals surface area (Å²) in [6, 6.07) is 12.7. The minimum atomic E-state index is -0.308. The van der Waals surface area contributed by atoms with Crippen LogP contribution in [0.15, 0.2) is 51.8 Å². The van der Waals surface area contributed by atoms with E-state index in [1.807, 2.05) is 37.3 Å². The molecule has 2 N–H and O–H groups in total. The molecular formula is C15H15BrFNS. The van der Waals surface area contributed by atoms with Crippen molar-refractivity contribution in [3.8, 4) is 0 Å². The summed E-state index contributed by atoms with van der Waals surface area (Å²) >= 11 is 5.12. The van der Waals surface area contributed by atoms with Gasteiger partial charge in [0.05, 0.1) is 0 Å². The molecular weight excluding hydrogens is 325 g/mol. The minimum absolute atomic E-state index is 0.231. The van der Waals surface area contributed by atoms with Crippen LogP contribution in [0.4, 0.5) is 4.39 Å². The molecule has 0 heterocycles. The Balaban J connectivity index is 2.07. The zero-order valence-corrected chi connectivity index (χ0v) is 13.0. The highest BCUT2D eigenvalue weighted by Gasteiger charge is 2.12. The molecule has 0 aliphatic heterocycles. The molecule has 4 heteroatoms. The molecule has 0 saturated heterocycles. The third kappa shape index (κ3) is 3.81. The number of halogens is 2. The van der Waals surface area contributed by atoms with Crippen LogP contribution in [0.1, 0.15) is 17.2 Å². The topological polar surface area (TPSA) is 26.0 Å². The molecule has 100 valence electrons. The van der Waals surface area contributed by atoms with E-state index in [1.54, 1.807) is 17.8 Å². The maximum atomic E-state index is 13.7. The molecule has 2 aromatic rings. The highest BCUT2D eigenvalue weighted by Crippen LogP contribution is 2.30. The van der Waals surface area contributed by atoms with E-state index < -0.39 is 0 Å². The van der Waals surface area contributed by atoms with Crippen LogP contribution in [0, 0.1) is 12.7 Å². The van der Waals surface area contributed by atoms with Gasteiger partial charge in [-0.05, 0) is 41.1 Å². The van der Waals surface area contributed by atoms with Crippen LogP contribution in [0.5, 0.6) is 0 Å². The van der Waals surface area contributed by atoms with Crippen molar-refractivity contribution in [2.45, 2.75) is 17.9 Å². The van der Waals surface area contributed by atoms with Crippen molar-refractivity contribution in [3.63, 3.8) is 0 Å². The summed E-state index contributed by atoms with van der Waals surface area (Å²) in [6.07, 6.45) is 0. The number of benzene rings is 2. The molecule has 0 radical (unpaired) electrons. The van der Waals surface area contributed by atoms with Gasteiger partial charge in [-0.2, -0.15) is 0 Å². The van der Waals surface area contributed by atoms with Crippen molar-refractivity contribution < 1.29 is 4.39 Å². The van der Waals surface area contributed by atoms with Gasteiger partial charge in [-0.1, -0.05) is 29.8 Å². The van der Waals surface area contributed by atoms with Gasteiger partial charge in [-0.15, -0.1) is 11.8 Å². The minimum Gasteiger partial charge on any atom is -0.323 e. The van der Waals surface area contributed by atoms with Crippen LogP contribution in [0.3, 0.4) is 0 Å². The van der Waals surface area contributed by atoms with Gasteiger partial charge >= 0.3 is 0 Å². The first-order valence-corrected chi connectivity index (χ1v) is 7.75. The molecule has 1 unspecified atom stereocenters. The molecule has 0 spiro atoms. The van der Waals surface area contributed by atoms with Crippen molar-refractivity contribution in [1.29, 1.82) is 0 Å². The molecule has 0 bridgehead atoms. The molecule has 1 nitrogen and oxygen atoms in total. The van der Waals surface area contributed by atoms with Gasteiger partial charge in [-0.25, -0.2) is 4.39 Å². The predicted octanol–water partition coefficient (Wildman–Crippen LogP) is 4.69. The molecule has 0 aromatic heterocycles. The lowest BCUT2D eigenvalue weighted by Gasteiger charge is -2.14. The second kappa shape index (κ2) is 6.55. The summed E-state index contributed by atoms with van der Waals surface area (Å²) in [4.78, 5) is 1.12. The molecule has 2 aromatic carbocycles. The Morgan fingerprint density at radius 2 is 2.00 bits per heavy atom. The third-order valence-corrected chi connectivity index (χ3v) is 4.95. The lowest BCUT2D eigenvalue weighted by atomic mass is 10.1. The van der Waals surface area contributed by atoms with Crippen molar-refractivity contribution in [2.75, 3.05) is 5.75 Å². The van der Waals surface area contributed by atoms with Crippen LogP contribution >= 0.6 is 27.7 Å². The fourth-order valence-electron chi connectivity index (χ4n) is 1.78. The average Bonchev–Trinajstić information content (AvgIpc) is 2.40. The quantitative estimate of drug-likeness (QED) is 0.817. The SMILES string of the molecule is Cc1ccc(F)c(C(N)CSc2ccccc2Br)c1. The number of thioether (sulfide) groups is 1. The van der Waals surface area contributed by atoms with Crippen LogP contribution in [-0.2, 0) is 0 Å². The number of hydrogen-bond donors (Lipinski definition) is 1. The predicted molar refractivity (Wildman–Crippen MR) is 82.9 cm³/mol. The lowest BCUT2D eigenvalue weighted by Crippen LogP contribution is -2.15. The van der Waals surface area contributed by atoms with E-state index in [0.717, 1.165) is 14.9 Å². The molecule has 0 aliphatic rings. The number of hydrogen-bond acceptors (Lipinski definition) is 2. The lowest BCUT2D eigenvalue weighted by molar-refractivity contribution is 0.594. The molecule has 0 fully saturated rings. The summed E-state index contributed by atoms with van der Waals surface area (Å²) in [7, 11) is 0. The van der Waals surface area contributed by atoms with Gasteiger partial charge in [0.2, 0.25) is 0 Å². The van der Waals surface area contributed by atoms with Gasteiger partial charge < -0.3 is 5.73 Å². The molecule has 19 heavy (non-hydrogen) atoms. The summed E-state index contributed by atoms with van der Waals surface area (Å²) in [5.74, 6) is 0.411. The van der Waals surface area contributed by atoms with Crippen LogP contribution in [-0.4, -0.2) is 5.75 Å². The van der Waals surface area contributed by atoms with Crippen molar-refractivity contribution in [1.82, 2.24) is 0 Å². The average molecular weight is 340 g/mol. The molecule has 0 saturated carbocycles. The van der Waals surface area contributed by atoms with Gasteiger partial charge in [0, 0.05) is 26.7 Å². The molecule has 2 rings (SSSR count). The standard InChI is InChI=1S/C15H15BrFNS/c1-10-6-7-13(17)11(8-10)14(18)9-19-15-5-3-2-4-12(15)16/h2-8,14H,9,18H2,1H3. The van der Waals surface area contributed by atoms with E-state index in [4.69, 9.17) is 5.73 Å². The first-order valence-electron chi connectivity index (χ1n) is 5.97. The Morgan fingerprint density at radius 3 is 2.74 bits per heavy atom. The normalized spacial score (nSPS) is 12.4. The second-order valence-corrected chi connectivity index (χ2v) is 6.29. The van der Waals surface area contributed by atoms with Crippen molar-refractivity contribution in [2.24, 2.45) is 5.73 Å². The monoisotopic (exact) mass is 339 g/mol. The number of nitrogens with two attached hydrogens (primary N) is 1. The highest BCUT2D eigenvalue weighted by molar-refractivity contribution is 9.10. The van der Waals surface area contributed by atoms with Crippen LogP contribution < -0.4 is 5.73 Å². The molecule has 0 amide bonds. The summed E-state index contributed by atoms with van der Waals surface area (Å²) in [6.45, 7) is 1.94. The van der Waals surface area contributed by atoms with E-state index in [1.165, 1.54) is 6.07 Å².